The Kier molecular flexibility index (Phi) is 9.69. The Morgan fingerprint density at radius 2 is 1.93 bits per heavy atom. The van der Waals surface area contributed by atoms with Crippen LogP contribution < -0.4 is 4.74 Å². The van der Waals surface area contributed by atoms with Crippen LogP contribution in [0.25, 0.3) is 5.57 Å². The molecule has 27 heavy (non-hydrogen) atoms. The fourth-order valence-corrected chi connectivity index (χ4v) is 3.94. The van der Waals surface area contributed by atoms with Gasteiger partial charge in [0.25, 0.3) is 0 Å². The minimum Gasteiger partial charge on any atom is -0.467 e. The van der Waals surface area contributed by atoms with Crippen molar-refractivity contribution in [2.75, 3.05) is 13.9 Å². The summed E-state index contributed by atoms with van der Waals surface area (Å²) in [7, 11) is 1.67. The van der Waals surface area contributed by atoms with Gasteiger partial charge in [0.2, 0.25) is 0 Å². The number of hydrogen-bond donors (Lipinski definition) is 0. The van der Waals surface area contributed by atoms with Crippen molar-refractivity contribution in [3.63, 3.8) is 0 Å². The minimum atomic E-state index is 0.274. The summed E-state index contributed by atoms with van der Waals surface area (Å²) in [5, 5.41) is 0. The van der Waals surface area contributed by atoms with Crippen LogP contribution in [0.1, 0.15) is 82.3 Å². The second kappa shape index (κ2) is 12.0. The molecule has 0 aliphatic heterocycles. The van der Waals surface area contributed by atoms with Gasteiger partial charge in [-0.05, 0) is 61.8 Å². The molecule has 1 unspecified atom stereocenters. The van der Waals surface area contributed by atoms with Gasteiger partial charge in [0, 0.05) is 12.7 Å². The van der Waals surface area contributed by atoms with Crippen molar-refractivity contribution in [3.05, 3.63) is 47.6 Å². The van der Waals surface area contributed by atoms with E-state index in [1.807, 2.05) is 0 Å². The molecule has 0 N–H and O–H groups in total. The maximum atomic E-state index is 5.90. The first-order valence-corrected chi connectivity index (χ1v) is 10.8. The third-order valence-electron chi connectivity index (χ3n) is 5.52. The van der Waals surface area contributed by atoms with Crippen LogP contribution in [0.15, 0.2) is 36.4 Å². The predicted octanol–water partition coefficient (Wildman–Crippen LogP) is 7.47. The van der Waals surface area contributed by atoms with Crippen molar-refractivity contribution in [3.8, 4) is 5.75 Å². The van der Waals surface area contributed by atoms with Crippen LogP contribution in [0.2, 0.25) is 0 Å². The molecule has 0 saturated carbocycles. The zero-order valence-electron chi connectivity index (χ0n) is 17.7. The molecular formula is C25H38O2. The summed E-state index contributed by atoms with van der Waals surface area (Å²) in [4.78, 5) is 0. The number of methoxy groups -OCH3 is 1. The van der Waals surface area contributed by atoms with E-state index >= 15 is 0 Å². The highest BCUT2D eigenvalue weighted by atomic mass is 16.7. The summed E-state index contributed by atoms with van der Waals surface area (Å²) in [6, 6.07) is 6.43. The van der Waals surface area contributed by atoms with E-state index in [0.29, 0.717) is 5.92 Å². The van der Waals surface area contributed by atoms with E-state index in [1.165, 1.54) is 80.1 Å². The van der Waals surface area contributed by atoms with Crippen LogP contribution in [-0.2, 0) is 4.74 Å². The normalized spacial score (nSPS) is 20.8. The Hall–Kier alpha value is -1.54. The van der Waals surface area contributed by atoms with E-state index in [-0.39, 0.29) is 6.79 Å². The molecule has 1 aromatic carbocycles. The number of aryl methyl sites for hydroxylation is 1. The van der Waals surface area contributed by atoms with Crippen molar-refractivity contribution in [1.29, 1.82) is 0 Å². The molecule has 0 bridgehead atoms. The van der Waals surface area contributed by atoms with Gasteiger partial charge in [0.15, 0.2) is 6.79 Å². The van der Waals surface area contributed by atoms with Crippen molar-refractivity contribution in [1.82, 2.24) is 0 Å². The average Bonchev–Trinajstić information content (AvgIpc) is 2.67. The molecule has 0 aromatic heterocycles. The molecule has 2 rings (SSSR count). The molecule has 0 heterocycles. The topological polar surface area (TPSA) is 18.5 Å². The molecule has 1 aromatic rings. The summed E-state index contributed by atoms with van der Waals surface area (Å²) in [5.74, 6) is 1.54. The summed E-state index contributed by atoms with van der Waals surface area (Å²) in [6.07, 6.45) is 15.3. The van der Waals surface area contributed by atoms with E-state index in [0.717, 1.165) is 12.2 Å². The maximum Gasteiger partial charge on any atom is 0.188 e. The van der Waals surface area contributed by atoms with Crippen molar-refractivity contribution in [2.45, 2.75) is 78.1 Å². The Balaban J connectivity index is 2.38. The smallest absolute Gasteiger partial charge is 0.188 e. The van der Waals surface area contributed by atoms with E-state index in [4.69, 9.17) is 9.47 Å². The number of hydrogen-bond acceptors (Lipinski definition) is 2. The standard InChI is InChI=1S/C25H38O2/c1-5-6-9-13-22-14-11-8-7-10-12-21(3)23(18-22)24-17-20(2)15-16-25(24)27-19-26-4/h15-18,22H,3,5-14,19H2,1-2,4H3/b23-18+. The van der Waals surface area contributed by atoms with Crippen molar-refractivity contribution < 1.29 is 9.47 Å². The van der Waals surface area contributed by atoms with Gasteiger partial charge in [-0.1, -0.05) is 69.7 Å². The van der Waals surface area contributed by atoms with Gasteiger partial charge in [0.1, 0.15) is 5.75 Å². The Morgan fingerprint density at radius 3 is 2.70 bits per heavy atom. The van der Waals surface area contributed by atoms with E-state index in [1.54, 1.807) is 7.11 Å². The molecule has 2 nitrogen and oxygen atoms in total. The van der Waals surface area contributed by atoms with Gasteiger partial charge in [-0.2, -0.15) is 0 Å². The minimum absolute atomic E-state index is 0.274. The van der Waals surface area contributed by atoms with Crippen LogP contribution in [0.3, 0.4) is 0 Å². The Bertz CT molecular complexity index is 615. The van der Waals surface area contributed by atoms with Crippen LogP contribution in [0, 0.1) is 12.8 Å². The van der Waals surface area contributed by atoms with Crippen molar-refractivity contribution in [2.24, 2.45) is 5.92 Å². The first-order chi connectivity index (χ1) is 13.2. The summed E-state index contributed by atoms with van der Waals surface area (Å²) < 4.78 is 11.0. The molecular weight excluding hydrogens is 332 g/mol. The average molecular weight is 371 g/mol. The Morgan fingerprint density at radius 1 is 1.11 bits per heavy atom. The maximum absolute atomic E-state index is 5.90. The third-order valence-corrected chi connectivity index (χ3v) is 5.52. The van der Waals surface area contributed by atoms with Gasteiger partial charge in [-0.15, -0.1) is 0 Å². The molecule has 0 amide bonds. The number of allylic oxidation sites excluding steroid dienone is 3. The lowest BCUT2D eigenvalue weighted by Crippen LogP contribution is -2.05. The summed E-state index contributed by atoms with van der Waals surface area (Å²) in [5.41, 5.74) is 4.99. The number of ether oxygens (including phenoxy) is 2. The molecule has 0 saturated heterocycles. The molecule has 1 aliphatic carbocycles. The zero-order chi connectivity index (χ0) is 19.5. The predicted molar refractivity (Wildman–Crippen MR) is 116 cm³/mol. The molecule has 150 valence electrons. The number of benzene rings is 1. The lowest BCUT2D eigenvalue weighted by molar-refractivity contribution is 0.0509. The fraction of sp³-hybridized carbons (Fsp3) is 0.600. The Labute approximate surface area is 166 Å². The van der Waals surface area contributed by atoms with E-state index in [2.05, 4.69) is 44.7 Å². The summed E-state index contributed by atoms with van der Waals surface area (Å²) in [6.45, 7) is 9.17. The highest BCUT2D eigenvalue weighted by Crippen LogP contribution is 2.37. The molecule has 0 fully saturated rings. The van der Waals surface area contributed by atoms with Crippen molar-refractivity contribution >= 4 is 5.57 Å². The SMILES string of the molecule is C=C1CCCCCCC(CCCCC)/C=C\1c1cc(C)ccc1OCOC. The third kappa shape index (κ3) is 7.18. The monoisotopic (exact) mass is 370 g/mol. The first-order valence-electron chi connectivity index (χ1n) is 10.8. The van der Waals surface area contributed by atoms with E-state index < -0.39 is 0 Å². The highest BCUT2D eigenvalue weighted by molar-refractivity contribution is 5.82. The molecule has 2 heteroatoms. The highest BCUT2D eigenvalue weighted by Gasteiger charge is 2.17. The van der Waals surface area contributed by atoms with Gasteiger partial charge >= 0.3 is 0 Å². The molecule has 0 radical (unpaired) electrons. The largest absolute Gasteiger partial charge is 0.467 e. The summed E-state index contributed by atoms with van der Waals surface area (Å²) >= 11 is 0. The van der Waals surface area contributed by atoms with Gasteiger partial charge in [-0.3, -0.25) is 0 Å². The van der Waals surface area contributed by atoms with Gasteiger partial charge in [-0.25, -0.2) is 0 Å². The fourth-order valence-electron chi connectivity index (χ4n) is 3.94. The van der Waals surface area contributed by atoms with Gasteiger partial charge < -0.3 is 9.47 Å². The molecule has 1 atom stereocenters. The van der Waals surface area contributed by atoms with Crippen LogP contribution in [-0.4, -0.2) is 13.9 Å². The second-order valence-electron chi connectivity index (χ2n) is 7.94. The van der Waals surface area contributed by atoms with Crippen LogP contribution in [0.4, 0.5) is 0 Å². The quantitative estimate of drug-likeness (QED) is 0.349. The second-order valence-corrected chi connectivity index (χ2v) is 7.94. The van der Waals surface area contributed by atoms with Crippen LogP contribution in [0.5, 0.6) is 5.75 Å². The first kappa shape index (κ1) is 21.8. The van der Waals surface area contributed by atoms with Gasteiger partial charge in [0.05, 0.1) is 0 Å². The molecule has 0 spiro atoms. The number of unbranched alkanes of at least 4 members (excludes halogenated alkanes) is 2. The van der Waals surface area contributed by atoms with Crippen LogP contribution >= 0.6 is 0 Å². The van der Waals surface area contributed by atoms with E-state index in [9.17, 15) is 0 Å². The lowest BCUT2D eigenvalue weighted by Gasteiger charge is -2.21. The number of rotatable bonds is 8. The molecule has 1 aliphatic rings. The lowest BCUT2D eigenvalue weighted by atomic mass is 9.85. The zero-order valence-corrected chi connectivity index (χ0v) is 17.7.